The van der Waals surface area contributed by atoms with E-state index in [0.29, 0.717) is 23.4 Å². The molecule has 0 atom stereocenters. The van der Waals surface area contributed by atoms with Crippen LogP contribution in [0.15, 0.2) is 47.0 Å². The van der Waals surface area contributed by atoms with Crippen molar-refractivity contribution in [2.45, 2.75) is 19.3 Å². The van der Waals surface area contributed by atoms with Gasteiger partial charge in [0.25, 0.3) is 0 Å². The van der Waals surface area contributed by atoms with Crippen molar-refractivity contribution in [1.82, 2.24) is 14.8 Å². The van der Waals surface area contributed by atoms with Gasteiger partial charge in [0.15, 0.2) is 5.78 Å². The Bertz CT molecular complexity index is 799. The topological polar surface area (TPSA) is 86.2 Å². The zero-order valence-electron chi connectivity index (χ0n) is 13.3. The number of hydrogen-bond acceptors (Lipinski definition) is 5. The number of hydrogen-bond donors (Lipinski definition) is 1. The number of Topliss-reactive ketones (excluding diaryl/α,β-unsaturated/α-hetero) is 1. The van der Waals surface area contributed by atoms with Gasteiger partial charge in [0.2, 0.25) is 0 Å². The van der Waals surface area contributed by atoms with Crippen LogP contribution in [0.3, 0.4) is 0 Å². The van der Waals surface area contributed by atoms with Crippen LogP contribution >= 0.6 is 0 Å². The average molecular weight is 309 g/mol. The SMILES string of the molecule is CN=C(C1=C(N)CCCC1=O)c1ccc(-c2cnn(C)c2)nc1. The molecule has 0 bridgehead atoms. The van der Waals surface area contributed by atoms with Crippen molar-refractivity contribution in [3.8, 4) is 11.3 Å². The molecule has 0 fully saturated rings. The fourth-order valence-corrected chi connectivity index (χ4v) is 2.80. The molecule has 2 aromatic heterocycles. The molecular formula is C17H19N5O. The first-order valence-corrected chi connectivity index (χ1v) is 7.54. The number of carbonyl (C=O) groups excluding carboxylic acids is 1. The molecule has 2 heterocycles. The molecule has 1 aliphatic carbocycles. The molecule has 6 nitrogen and oxygen atoms in total. The van der Waals surface area contributed by atoms with Crippen LogP contribution < -0.4 is 5.73 Å². The van der Waals surface area contributed by atoms with Crippen LogP contribution in [-0.4, -0.2) is 33.3 Å². The number of ketones is 1. The number of allylic oxidation sites excluding steroid dienone is 2. The lowest BCUT2D eigenvalue weighted by Gasteiger charge is -2.18. The lowest BCUT2D eigenvalue weighted by Crippen LogP contribution is -2.23. The highest BCUT2D eigenvalue weighted by molar-refractivity contribution is 6.29. The van der Waals surface area contributed by atoms with Crippen molar-refractivity contribution in [3.05, 3.63) is 47.6 Å². The van der Waals surface area contributed by atoms with Gasteiger partial charge in [0, 0.05) is 49.7 Å². The average Bonchev–Trinajstić information content (AvgIpc) is 2.98. The number of nitrogens with two attached hydrogens (primary N) is 1. The van der Waals surface area contributed by atoms with E-state index in [1.54, 1.807) is 24.1 Å². The fraction of sp³-hybridized carbons (Fsp3) is 0.294. The molecule has 23 heavy (non-hydrogen) atoms. The Kier molecular flexibility index (Phi) is 4.06. The summed E-state index contributed by atoms with van der Waals surface area (Å²) in [4.78, 5) is 21.0. The first-order valence-electron chi connectivity index (χ1n) is 7.54. The minimum atomic E-state index is 0.0608. The number of aryl methyl sites for hydroxylation is 1. The second-order valence-electron chi connectivity index (χ2n) is 5.58. The maximum Gasteiger partial charge on any atom is 0.166 e. The molecule has 0 saturated carbocycles. The van der Waals surface area contributed by atoms with E-state index in [9.17, 15) is 4.79 Å². The van der Waals surface area contributed by atoms with E-state index < -0.39 is 0 Å². The lowest BCUT2D eigenvalue weighted by atomic mass is 9.89. The Morgan fingerprint density at radius 1 is 1.30 bits per heavy atom. The van der Waals surface area contributed by atoms with Crippen molar-refractivity contribution in [3.63, 3.8) is 0 Å². The molecule has 0 radical (unpaired) electrons. The highest BCUT2D eigenvalue weighted by Gasteiger charge is 2.24. The van der Waals surface area contributed by atoms with E-state index in [4.69, 9.17) is 5.73 Å². The molecule has 6 heteroatoms. The van der Waals surface area contributed by atoms with Crippen molar-refractivity contribution >= 4 is 11.5 Å². The molecule has 2 N–H and O–H groups in total. The Morgan fingerprint density at radius 3 is 2.70 bits per heavy atom. The van der Waals surface area contributed by atoms with Gasteiger partial charge in [-0.1, -0.05) is 0 Å². The second kappa shape index (κ2) is 6.16. The molecule has 0 spiro atoms. The normalized spacial score (nSPS) is 16.1. The minimum absolute atomic E-state index is 0.0608. The first-order chi connectivity index (χ1) is 11.1. The molecular weight excluding hydrogens is 290 g/mol. The Labute approximate surface area is 134 Å². The molecule has 0 aliphatic heterocycles. The Morgan fingerprint density at radius 2 is 2.13 bits per heavy atom. The summed E-state index contributed by atoms with van der Waals surface area (Å²) in [6.07, 6.45) is 7.47. The summed E-state index contributed by atoms with van der Waals surface area (Å²) in [6, 6.07) is 3.82. The lowest BCUT2D eigenvalue weighted by molar-refractivity contribution is -0.115. The number of aromatic nitrogens is 3. The van der Waals surface area contributed by atoms with E-state index in [1.807, 2.05) is 25.4 Å². The fourth-order valence-electron chi connectivity index (χ4n) is 2.80. The molecule has 0 amide bonds. The van der Waals surface area contributed by atoms with E-state index in [2.05, 4.69) is 15.1 Å². The van der Waals surface area contributed by atoms with E-state index in [1.165, 1.54) is 0 Å². The van der Waals surface area contributed by atoms with Gasteiger partial charge in [-0.15, -0.1) is 0 Å². The summed E-state index contributed by atoms with van der Waals surface area (Å²) in [6.45, 7) is 0. The number of pyridine rings is 1. The van der Waals surface area contributed by atoms with Crippen LogP contribution in [0.1, 0.15) is 24.8 Å². The molecule has 2 aromatic rings. The molecule has 0 unspecified atom stereocenters. The van der Waals surface area contributed by atoms with Crippen molar-refractivity contribution in [2.75, 3.05) is 7.05 Å². The maximum atomic E-state index is 12.2. The molecule has 118 valence electrons. The third-order valence-corrected chi connectivity index (χ3v) is 3.95. The molecule has 0 saturated heterocycles. The summed E-state index contributed by atoms with van der Waals surface area (Å²) in [5.41, 5.74) is 10.4. The standard InChI is InChI=1S/C17H19N5O/c1-19-17(16-13(18)4-3-5-15(16)23)11-6-7-14(20-8-11)12-9-21-22(2)10-12/h6-10H,3-5,18H2,1-2H3. The number of carbonyl (C=O) groups is 1. The van der Waals surface area contributed by atoms with Gasteiger partial charge >= 0.3 is 0 Å². The van der Waals surface area contributed by atoms with E-state index >= 15 is 0 Å². The van der Waals surface area contributed by atoms with Gasteiger partial charge in [-0.05, 0) is 25.0 Å². The van der Waals surface area contributed by atoms with Gasteiger partial charge in [-0.25, -0.2) is 0 Å². The summed E-state index contributed by atoms with van der Waals surface area (Å²) in [7, 11) is 3.54. The van der Waals surface area contributed by atoms with Gasteiger partial charge in [0.1, 0.15) is 0 Å². The number of rotatable bonds is 3. The van der Waals surface area contributed by atoms with Crippen molar-refractivity contribution in [1.29, 1.82) is 0 Å². The van der Waals surface area contributed by atoms with Crippen LogP contribution in [-0.2, 0) is 11.8 Å². The highest BCUT2D eigenvalue weighted by atomic mass is 16.1. The second-order valence-corrected chi connectivity index (χ2v) is 5.58. The molecule has 3 rings (SSSR count). The summed E-state index contributed by atoms with van der Waals surface area (Å²) < 4.78 is 1.73. The summed E-state index contributed by atoms with van der Waals surface area (Å²) in [5.74, 6) is 0.0608. The minimum Gasteiger partial charge on any atom is -0.401 e. The van der Waals surface area contributed by atoms with Gasteiger partial charge in [-0.3, -0.25) is 19.5 Å². The summed E-state index contributed by atoms with van der Waals surface area (Å²) >= 11 is 0. The van der Waals surface area contributed by atoms with Crippen LogP contribution in [0.4, 0.5) is 0 Å². The number of nitrogens with zero attached hydrogens (tertiary/aromatic N) is 4. The zero-order chi connectivity index (χ0) is 16.4. The third kappa shape index (κ3) is 2.92. The first kappa shape index (κ1) is 15.1. The van der Waals surface area contributed by atoms with Crippen molar-refractivity contribution in [2.24, 2.45) is 17.8 Å². The van der Waals surface area contributed by atoms with E-state index in [0.717, 1.165) is 29.7 Å². The smallest absolute Gasteiger partial charge is 0.166 e. The van der Waals surface area contributed by atoms with E-state index in [-0.39, 0.29) is 5.78 Å². The van der Waals surface area contributed by atoms with Crippen molar-refractivity contribution < 1.29 is 4.79 Å². The quantitative estimate of drug-likeness (QED) is 0.877. The van der Waals surface area contributed by atoms with Crippen LogP contribution in [0, 0.1) is 0 Å². The highest BCUT2D eigenvalue weighted by Crippen LogP contribution is 2.23. The van der Waals surface area contributed by atoms with Gasteiger partial charge in [-0.2, -0.15) is 5.10 Å². The van der Waals surface area contributed by atoms with Crippen LogP contribution in [0.2, 0.25) is 0 Å². The maximum absolute atomic E-state index is 12.2. The number of aliphatic imine (C=N–C) groups is 1. The van der Waals surface area contributed by atoms with Gasteiger partial charge in [0.05, 0.1) is 23.2 Å². The van der Waals surface area contributed by atoms with Gasteiger partial charge < -0.3 is 5.73 Å². The van der Waals surface area contributed by atoms with Crippen LogP contribution in [0.25, 0.3) is 11.3 Å². The summed E-state index contributed by atoms with van der Waals surface area (Å²) in [5, 5.41) is 4.14. The third-order valence-electron chi connectivity index (χ3n) is 3.95. The van der Waals surface area contributed by atoms with Crippen LogP contribution in [0.5, 0.6) is 0 Å². The predicted octanol–water partition coefficient (Wildman–Crippen LogP) is 1.87. The monoisotopic (exact) mass is 309 g/mol. The predicted molar refractivity (Wildman–Crippen MR) is 89.0 cm³/mol. The zero-order valence-corrected chi connectivity index (χ0v) is 13.3. The Hall–Kier alpha value is -2.76. The Balaban J connectivity index is 1.96. The largest absolute Gasteiger partial charge is 0.401 e. The molecule has 0 aromatic carbocycles. The molecule has 1 aliphatic rings.